The molecule has 3 rings (SSSR count). The van der Waals surface area contributed by atoms with Crippen LogP contribution in [0.1, 0.15) is 27.8 Å². The summed E-state index contributed by atoms with van der Waals surface area (Å²) in [5.74, 6) is 0.213. The zero-order valence-corrected chi connectivity index (χ0v) is 17.3. The van der Waals surface area contributed by atoms with Crippen LogP contribution in [0.25, 0.3) is 0 Å². The first-order valence-corrected chi connectivity index (χ1v) is 9.61. The normalized spacial score (nSPS) is 11.3. The van der Waals surface area contributed by atoms with Crippen molar-refractivity contribution in [2.24, 2.45) is 4.99 Å². The first kappa shape index (κ1) is 19.5. The molecule has 0 saturated heterocycles. The van der Waals surface area contributed by atoms with Gasteiger partial charge in [0.1, 0.15) is 17.2 Å². The van der Waals surface area contributed by atoms with Crippen molar-refractivity contribution in [2.75, 3.05) is 0 Å². The number of phenols is 2. The van der Waals surface area contributed by atoms with E-state index in [2.05, 4.69) is 20.9 Å². The average molecular weight is 445 g/mol. The van der Waals surface area contributed by atoms with Gasteiger partial charge in [0.15, 0.2) is 0 Å². The van der Waals surface area contributed by atoms with Gasteiger partial charge in [-0.1, -0.05) is 29.8 Å². The molecule has 5 heteroatoms. The number of aromatic hydroxyl groups is 2. The molecule has 0 aromatic heterocycles. The SMILES string of the molecule is Cc1cc(O)c(N=Cc2cc(Cc3ccccc3Cl)cc(Br)c2O)cc1C. The number of benzene rings is 3. The molecular formula is C22H19BrClNO2. The molecule has 3 nitrogen and oxygen atoms in total. The monoisotopic (exact) mass is 443 g/mol. The Hall–Kier alpha value is -2.30. The van der Waals surface area contributed by atoms with E-state index in [0.29, 0.717) is 27.2 Å². The predicted molar refractivity (Wildman–Crippen MR) is 115 cm³/mol. The smallest absolute Gasteiger partial charge is 0.141 e. The summed E-state index contributed by atoms with van der Waals surface area (Å²) < 4.78 is 0.581. The van der Waals surface area contributed by atoms with Crippen molar-refractivity contribution in [1.82, 2.24) is 0 Å². The summed E-state index contributed by atoms with van der Waals surface area (Å²) in [5, 5.41) is 21.2. The molecule has 0 amide bonds. The summed E-state index contributed by atoms with van der Waals surface area (Å²) in [6.07, 6.45) is 2.19. The van der Waals surface area contributed by atoms with Gasteiger partial charge in [-0.15, -0.1) is 0 Å². The first-order chi connectivity index (χ1) is 12.8. The molecule has 0 heterocycles. The van der Waals surface area contributed by atoms with Crippen molar-refractivity contribution in [3.63, 3.8) is 0 Å². The second kappa shape index (κ2) is 8.15. The molecule has 0 aliphatic heterocycles. The van der Waals surface area contributed by atoms with Crippen molar-refractivity contribution < 1.29 is 10.2 Å². The Morgan fingerprint density at radius 2 is 1.74 bits per heavy atom. The van der Waals surface area contributed by atoms with Crippen molar-refractivity contribution in [3.8, 4) is 11.5 Å². The molecule has 0 atom stereocenters. The Morgan fingerprint density at radius 3 is 2.48 bits per heavy atom. The lowest BCUT2D eigenvalue weighted by molar-refractivity contribution is 0.470. The second-order valence-electron chi connectivity index (χ2n) is 6.47. The van der Waals surface area contributed by atoms with Crippen LogP contribution in [0.2, 0.25) is 5.02 Å². The Balaban J connectivity index is 1.95. The van der Waals surface area contributed by atoms with Crippen molar-refractivity contribution in [1.29, 1.82) is 0 Å². The molecule has 0 radical (unpaired) electrons. The maximum Gasteiger partial charge on any atom is 0.141 e. The highest BCUT2D eigenvalue weighted by atomic mass is 79.9. The third-order valence-corrected chi connectivity index (χ3v) is 5.41. The highest BCUT2D eigenvalue weighted by molar-refractivity contribution is 9.10. The Kier molecular flexibility index (Phi) is 5.88. The standard InChI is InChI=1S/C22H19BrClNO2/c1-13-7-20(21(26)8-14(13)2)25-12-17-10-15(11-18(23)22(17)27)9-16-5-3-4-6-19(16)24/h3-8,10-12,26-27H,9H2,1-2H3. The third-order valence-electron chi connectivity index (χ3n) is 4.44. The van der Waals surface area contributed by atoms with E-state index in [1.165, 1.54) is 0 Å². The lowest BCUT2D eigenvalue weighted by Gasteiger charge is -2.09. The Labute approximate surface area is 172 Å². The van der Waals surface area contributed by atoms with Crippen LogP contribution in [0.5, 0.6) is 11.5 Å². The lowest BCUT2D eigenvalue weighted by atomic mass is 10.0. The van der Waals surface area contributed by atoms with Crippen molar-refractivity contribution >= 4 is 39.4 Å². The topological polar surface area (TPSA) is 52.8 Å². The van der Waals surface area contributed by atoms with Crippen LogP contribution in [-0.2, 0) is 6.42 Å². The summed E-state index contributed by atoms with van der Waals surface area (Å²) in [4.78, 5) is 4.36. The molecule has 27 heavy (non-hydrogen) atoms. The fraction of sp³-hybridized carbons (Fsp3) is 0.136. The molecule has 0 saturated carbocycles. The van der Waals surface area contributed by atoms with Gasteiger partial charge in [0, 0.05) is 16.8 Å². The highest BCUT2D eigenvalue weighted by Gasteiger charge is 2.10. The van der Waals surface area contributed by atoms with E-state index >= 15 is 0 Å². The van der Waals surface area contributed by atoms with E-state index in [1.807, 2.05) is 56.3 Å². The summed E-state index contributed by atoms with van der Waals surface area (Å²) in [6, 6.07) is 14.9. The number of aliphatic imine (C=N–C) groups is 1. The fourth-order valence-electron chi connectivity index (χ4n) is 2.77. The summed E-state index contributed by atoms with van der Waals surface area (Å²) >= 11 is 9.65. The van der Waals surface area contributed by atoms with Crippen LogP contribution in [0.3, 0.4) is 0 Å². The molecule has 0 spiro atoms. The van der Waals surface area contributed by atoms with Gasteiger partial charge in [-0.05, 0) is 88.8 Å². The molecule has 0 aliphatic rings. The molecule has 3 aromatic rings. The summed E-state index contributed by atoms with van der Waals surface area (Å²) in [7, 11) is 0. The molecule has 0 fully saturated rings. The van der Waals surface area contributed by atoms with E-state index in [9.17, 15) is 10.2 Å². The number of hydrogen-bond donors (Lipinski definition) is 2. The molecule has 0 bridgehead atoms. The average Bonchev–Trinajstić information content (AvgIpc) is 2.62. The minimum absolute atomic E-state index is 0.102. The minimum atomic E-state index is 0.102. The number of nitrogens with zero attached hydrogens (tertiary/aromatic N) is 1. The van der Waals surface area contributed by atoms with E-state index < -0.39 is 0 Å². The van der Waals surface area contributed by atoms with E-state index in [4.69, 9.17) is 11.6 Å². The van der Waals surface area contributed by atoms with Crippen LogP contribution in [0.15, 0.2) is 58.0 Å². The quantitative estimate of drug-likeness (QED) is 0.453. The van der Waals surface area contributed by atoms with Gasteiger partial charge in [-0.25, -0.2) is 0 Å². The van der Waals surface area contributed by atoms with Crippen LogP contribution < -0.4 is 0 Å². The Morgan fingerprint density at radius 1 is 1.04 bits per heavy atom. The summed E-state index contributed by atoms with van der Waals surface area (Å²) in [5.41, 5.74) is 5.05. The highest BCUT2D eigenvalue weighted by Crippen LogP contribution is 2.33. The van der Waals surface area contributed by atoms with Gasteiger partial charge in [0.25, 0.3) is 0 Å². The van der Waals surface area contributed by atoms with Gasteiger partial charge in [0.2, 0.25) is 0 Å². The van der Waals surface area contributed by atoms with E-state index in [1.54, 1.807) is 12.3 Å². The minimum Gasteiger partial charge on any atom is -0.506 e. The number of halogens is 2. The number of hydrogen-bond acceptors (Lipinski definition) is 3. The van der Waals surface area contributed by atoms with E-state index in [-0.39, 0.29) is 11.5 Å². The predicted octanol–water partition coefficient (Wildman–Crippen LogP) is 6.47. The second-order valence-corrected chi connectivity index (χ2v) is 7.73. The number of aryl methyl sites for hydroxylation is 2. The maximum absolute atomic E-state index is 10.4. The summed E-state index contributed by atoms with van der Waals surface area (Å²) in [6.45, 7) is 3.90. The molecular weight excluding hydrogens is 426 g/mol. The van der Waals surface area contributed by atoms with Crippen molar-refractivity contribution in [2.45, 2.75) is 20.3 Å². The largest absolute Gasteiger partial charge is 0.506 e. The zero-order valence-electron chi connectivity index (χ0n) is 15.0. The number of rotatable bonds is 4. The molecule has 0 unspecified atom stereocenters. The maximum atomic E-state index is 10.4. The van der Waals surface area contributed by atoms with Crippen molar-refractivity contribution in [3.05, 3.63) is 85.8 Å². The lowest BCUT2D eigenvalue weighted by Crippen LogP contribution is -1.93. The van der Waals surface area contributed by atoms with E-state index in [0.717, 1.165) is 22.3 Å². The van der Waals surface area contributed by atoms with Gasteiger partial charge in [0.05, 0.1) is 4.47 Å². The van der Waals surface area contributed by atoms with Crippen LogP contribution in [0, 0.1) is 13.8 Å². The van der Waals surface area contributed by atoms with Gasteiger partial charge in [-0.2, -0.15) is 0 Å². The van der Waals surface area contributed by atoms with Gasteiger partial charge >= 0.3 is 0 Å². The van der Waals surface area contributed by atoms with Gasteiger partial charge in [-0.3, -0.25) is 4.99 Å². The first-order valence-electron chi connectivity index (χ1n) is 8.44. The fourth-order valence-corrected chi connectivity index (χ4v) is 3.49. The van der Waals surface area contributed by atoms with Crippen LogP contribution in [0.4, 0.5) is 5.69 Å². The van der Waals surface area contributed by atoms with Crippen LogP contribution >= 0.6 is 27.5 Å². The van der Waals surface area contributed by atoms with Gasteiger partial charge < -0.3 is 10.2 Å². The molecule has 0 aliphatic carbocycles. The molecule has 3 aromatic carbocycles. The van der Waals surface area contributed by atoms with Crippen LogP contribution in [-0.4, -0.2) is 16.4 Å². The number of phenolic OH excluding ortho intramolecular Hbond substituents is 2. The zero-order chi connectivity index (χ0) is 19.6. The molecule has 2 N–H and O–H groups in total. The molecule has 138 valence electrons. The Bertz CT molecular complexity index is 1030. The third kappa shape index (κ3) is 4.52.